The molecule has 0 aliphatic carbocycles. The second-order valence-electron chi connectivity index (χ2n) is 7.56. The third-order valence-electron chi connectivity index (χ3n) is 5.67. The summed E-state index contributed by atoms with van der Waals surface area (Å²) in [4.78, 5) is 25.9. The van der Waals surface area contributed by atoms with Crippen LogP contribution in [0.2, 0.25) is 0 Å². The van der Waals surface area contributed by atoms with Gasteiger partial charge in [-0.15, -0.1) is 0 Å². The van der Waals surface area contributed by atoms with Gasteiger partial charge in [-0.25, -0.2) is 0 Å². The van der Waals surface area contributed by atoms with Crippen LogP contribution in [-0.4, -0.2) is 24.5 Å². The van der Waals surface area contributed by atoms with Crippen LogP contribution in [0.25, 0.3) is 5.57 Å². The van der Waals surface area contributed by atoms with Gasteiger partial charge >= 0.3 is 0 Å². The average Bonchev–Trinajstić information content (AvgIpc) is 3.00. The molecule has 2 N–H and O–H groups in total. The van der Waals surface area contributed by atoms with Crippen molar-refractivity contribution in [2.45, 2.75) is 47.0 Å². The summed E-state index contributed by atoms with van der Waals surface area (Å²) in [7, 11) is 0. The molecule has 6 nitrogen and oxygen atoms in total. The molecule has 0 amide bonds. The number of allylic oxidation sites excluding steroid dienone is 2. The minimum atomic E-state index is -0.634. The Labute approximate surface area is 172 Å². The van der Waals surface area contributed by atoms with Crippen LogP contribution in [0, 0.1) is 11.5 Å². The van der Waals surface area contributed by atoms with E-state index in [1.165, 1.54) is 19.6 Å². The topological polar surface area (TPSA) is 85.2 Å². The normalized spacial score (nSPS) is 15.8. The molecule has 1 aliphatic rings. The monoisotopic (exact) mass is 394 g/mol. The molecule has 0 radical (unpaired) electrons. The van der Waals surface area contributed by atoms with Gasteiger partial charge in [0, 0.05) is 16.8 Å². The molecule has 0 atom stereocenters. The summed E-state index contributed by atoms with van der Waals surface area (Å²) in [6.07, 6.45) is 1.71. The predicted octanol–water partition coefficient (Wildman–Crippen LogP) is 3.66. The number of para-hydroxylation sites is 1. The predicted molar refractivity (Wildman–Crippen MR) is 120 cm³/mol. The molecular weight excluding hydrogens is 364 g/mol. The molecule has 154 valence electrons. The van der Waals surface area contributed by atoms with Crippen LogP contribution < -0.4 is 21.5 Å². The molecule has 0 saturated carbocycles. The van der Waals surface area contributed by atoms with E-state index in [-0.39, 0.29) is 11.1 Å². The third-order valence-corrected chi connectivity index (χ3v) is 5.67. The maximum Gasteiger partial charge on any atom is 0.251 e. The molecule has 0 aromatic heterocycles. The van der Waals surface area contributed by atoms with Gasteiger partial charge in [0.1, 0.15) is 5.69 Å². The second kappa shape index (κ2) is 9.06. The van der Waals surface area contributed by atoms with E-state index < -0.39 is 10.9 Å². The average molecular weight is 395 g/mol. The first-order chi connectivity index (χ1) is 13.7. The highest BCUT2D eigenvalue weighted by Gasteiger charge is 2.37. The van der Waals surface area contributed by atoms with Crippen LogP contribution in [-0.2, 0) is 5.41 Å². The highest BCUT2D eigenvalue weighted by Crippen LogP contribution is 2.45. The molecule has 6 heteroatoms. The maximum absolute atomic E-state index is 11.9. The first-order valence-corrected chi connectivity index (χ1v) is 10.0. The smallest absolute Gasteiger partial charge is 0.251 e. The zero-order valence-electron chi connectivity index (χ0n) is 18.1. The van der Waals surface area contributed by atoms with Crippen molar-refractivity contribution in [1.29, 1.82) is 5.26 Å². The molecule has 0 unspecified atom stereocenters. The molecular formula is C23H30N4O2. The minimum Gasteiger partial charge on any atom is -0.358 e. The third kappa shape index (κ3) is 4.10. The first-order valence-electron chi connectivity index (χ1n) is 10.0. The van der Waals surface area contributed by atoms with Crippen molar-refractivity contribution in [2.24, 2.45) is 0 Å². The molecule has 2 aromatic carbocycles. The molecule has 0 saturated heterocycles. The van der Waals surface area contributed by atoms with Gasteiger partial charge in [0.25, 0.3) is 5.43 Å². The summed E-state index contributed by atoms with van der Waals surface area (Å²) < 4.78 is 0. The van der Waals surface area contributed by atoms with E-state index in [1.54, 1.807) is 13.1 Å². The molecule has 1 heterocycles. The molecule has 1 aliphatic heterocycles. The van der Waals surface area contributed by atoms with Gasteiger partial charge in [0.05, 0.1) is 5.56 Å². The summed E-state index contributed by atoms with van der Waals surface area (Å²) in [6, 6.07) is 7.94. The zero-order chi connectivity index (χ0) is 21.8. The van der Waals surface area contributed by atoms with Crippen LogP contribution in [0.1, 0.15) is 52.7 Å². The van der Waals surface area contributed by atoms with Gasteiger partial charge in [-0.1, -0.05) is 52.8 Å². The molecule has 3 rings (SSSR count). The van der Waals surface area contributed by atoms with Crippen LogP contribution in [0.4, 0.5) is 11.4 Å². The van der Waals surface area contributed by atoms with E-state index in [0.29, 0.717) is 11.1 Å². The summed E-state index contributed by atoms with van der Waals surface area (Å²) >= 11 is 0. The van der Waals surface area contributed by atoms with Crippen LogP contribution in [0.5, 0.6) is 0 Å². The SMILES string of the molecule is CC(=C1Nc2ccccc2C1(C)C)c1c(NC#N)c(=O)c1=O.CCN(CC)CC. The van der Waals surface area contributed by atoms with E-state index in [1.807, 2.05) is 24.3 Å². The molecule has 2 aromatic rings. The lowest BCUT2D eigenvalue weighted by molar-refractivity contribution is 0.321. The Kier molecular flexibility index (Phi) is 6.99. The van der Waals surface area contributed by atoms with Crippen molar-refractivity contribution in [3.05, 3.63) is 61.5 Å². The summed E-state index contributed by atoms with van der Waals surface area (Å²) in [6.45, 7) is 16.1. The van der Waals surface area contributed by atoms with E-state index in [0.717, 1.165) is 16.9 Å². The van der Waals surface area contributed by atoms with Crippen molar-refractivity contribution in [1.82, 2.24) is 4.90 Å². The molecule has 29 heavy (non-hydrogen) atoms. The highest BCUT2D eigenvalue weighted by molar-refractivity contribution is 5.86. The van der Waals surface area contributed by atoms with Gasteiger partial charge in [0.15, 0.2) is 6.19 Å². The largest absolute Gasteiger partial charge is 0.358 e. The summed E-state index contributed by atoms with van der Waals surface area (Å²) in [5.74, 6) is 0. The van der Waals surface area contributed by atoms with E-state index in [2.05, 4.69) is 50.2 Å². The highest BCUT2D eigenvalue weighted by atomic mass is 16.2. The van der Waals surface area contributed by atoms with Gasteiger partial charge in [-0.3, -0.25) is 14.9 Å². The summed E-state index contributed by atoms with van der Waals surface area (Å²) in [5, 5.41) is 14.4. The quantitative estimate of drug-likeness (QED) is 0.457. The van der Waals surface area contributed by atoms with Crippen LogP contribution >= 0.6 is 0 Å². The fourth-order valence-electron chi connectivity index (χ4n) is 3.85. The van der Waals surface area contributed by atoms with Crippen molar-refractivity contribution in [3.8, 4) is 6.19 Å². The fraction of sp³-hybridized carbons (Fsp3) is 0.435. The number of nitrogens with zero attached hydrogens (tertiary/aromatic N) is 2. The van der Waals surface area contributed by atoms with Crippen molar-refractivity contribution < 1.29 is 0 Å². The minimum absolute atomic E-state index is 0.0889. The number of nitrogens with one attached hydrogen (secondary N) is 2. The Morgan fingerprint density at radius 1 is 1.10 bits per heavy atom. The standard InChI is InChI=1S/C17H15N3O2.C6H15N/c1-9(12-13(19-8-18)15(22)14(12)21)16-17(2,3)10-6-4-5-7-11(10)20-16;1-4-7(5-2)6-3/h4-7,19-20H,1-3H3;4-6H2,1-3H3. The van der Waals surface area contributed by atoms with E-state index >= 15 is 0 Å². The van der Waals surface area contributed by atoms with Gasteiger partial charge in [-0.05, 0) is 43.8 Å². The lowest BCUT2D eigenvalue weighted by Crippen LogP contribution is -2.38. The van der Waals surface area contributed by atoms with Crippen LogP contribution in [0.3, 0.4) is 0 Å². The number of benzene rings is 1. The van der Waals surface area contributed by atoms with E-state index in [4.69, 9.17) is 5.26 Å². The van der Waals surface area contributed by atoms with Gasteiger partial charge in [0.2, 0.25) is 5.43 Å². The Morgan fingerprint density at radius 3 is 2.17 bits per heavy atom. The number of hydrogen-bond donors (Lipinski definition) is 2. The van der Waals surface area contributed by atoms with Crippen LogP contribution in [0.15, 0.2) is 39.6 Å². The van der Waals surface area contributed by atoms with Crippen molar-refractivity contribution in [2.75, 3.05) is 30.3 Å². The van der Waals surface area contributed by atoms with E-state index in [9.17, 15) is 9.59 Å². The number of fused-ring (bicyclic) bond motifs is 1. The lowest BCUT2D eigenvalue weighted by Gasteiger charge is -2.24. The molecule has 0 spiro atoms. The number of hydrogen-bond acceptors (Lipinski definition) is 6. The first kappa shape index (κ1) is 22.4. The Balaban J connectivity index is 0.000000370. The number of nitriles is 1. The number of rotatable bonds is 5. The van der Waals surface area contributed by atoms with Crippen molar-refractivity contribution in [3.63, 3.8) is 0 Å². The molecule has 0 fully saturated rings. The summed E-state index contributed by atoms with van der Waals surface area (Å²) in [5.41, 5.74) is 2.62. The van der Waals surface area contributed by atoms with Gasteiger partial charge in [-0.2, -0.15) is 5.26 Å². The Bertz CT molecular complexity index is 1010. The zero-order valence-corrected chi connectivity index (χ0v) is 18.1. The van der Waals surface area contributed by atoms with Crippen molar-refractivity contribution >= 4 is 16.9 Å². The second-order valence-corrected chi connectivity index (χ2v) is 7.56. The number of anilines is 2. The van der Waals surface area contributed by atoms with Gasteiger partial charge < -0.3 is 10.2 Å². The fourth-order valence-corrected chi connectivity index (χ4v) is 3.85. The Morgan fingerprint density at radius 2 is 1.69 bits per heavy atom. The maximum atomic E-state index is 11.9. The Hall–Kier alpha value is -2.91. The lowest BCUT2D eigenvalue weighted by atomic mass is 9.80. The molecule has 0 bridgehead atoms.